The summed E-state index contributed by atoms with van der Waals surface area (Å²) in [5.41, 5.74) is 3.79. The molecule has 3 heterocycles. The number of fused-ring (bicyclic) bond motifs is 1. The van der Waals surface area contributed by atoms with Gasteiger partial charge in [-0.15, -0.1) is 0 Å². The molecule has 7 nitrogen and oxygen atoms in total. The lowest BCUT2D eigenvalue weighted by atomic mass is 9.99. The maximum atomic E-state index is 13.0. The maximum absolute atomic E-state index is 13.0. The van der Waals surface area contributed by atoms with Crippen molar-refractivity contribution in [3.05, 3.63) is 65.2 Å². The average molecular weight is 419 g/mol. The molecule has 7 heteroatoms. The number of benzene rings is 2. The van der Waals surface area contributed by atoms with Crippen molar-refractivity contribution in [2.75, 3.05) is 24.6 Å². The molecule has 160 valence electrons. The minimum atomic E-state index is -0.573. The standard InChI is InChI=1S/C24H25N3O4/c28-22-9-8-21(23(29)25-22)27-13-18-6-7-19(10-20(18)24(27)30)26-11-17(12-26)15-31-14-16-4-2-1-3-5-16/h1-7,10,17,21H,8-9,11-15H2,(H,25,28,29). The van der Waals surface area contributed by atoms with Crippen molar-refractivity contribution in [1.29, 1.82) is 0 Å². The number of carbonyl (C=O) groups excluding carboxylic acids is 3. The Morgan fingerprint density at radius 1 is 1.03 bits per heavy atom. The van der Waals surface area contributed by atoms with Gasteiger partial charge in [-0.3, -0.25) is 19.7 Å². The molecular weight excluding hydrogens is 394 g/mol. The first-order chi connectivity index (χ1) is 15.1. The van der Waals surface area contributed by atoms with E-state index in [0.717, 1.165) is 30.9 Å². The van der Waals surface area contributed by atoms with Crippen LogP contribution in [0.25, 0.3) is 0 Å². The molecule has 2 saturated heterocycles. The zero-order valence-corrected chi connectivity index (χ0v) is 17.3. The van der Waals surface area contributed by atoms with Gasteiger partial charge in [-0.05, 0) is 29.7 Å². The highest BCUT2D eigenvalue weighted by Gasteiger charge is 2.39. The summed E-state index contributed by atoms with van der Waals surface area (Å²) >= 11 is 0. The summed E-state index contributed by atoms with van der Waals surface area (Å²) in [4.78, 5) is 40.4. The number of ether oxygens (including phenoxy) is 1. The Bertz CT molecular complexity index is 1020. The Kier molecular flexibility index (Phi) is 5.19. The summed E-state index contributed by atoms with van der Waals surface area (Å²) in [5, 5.41) is 2.34. The third kappa shape index (κ3) is 3.93. The molecule has 0 saturated carbocycles. The van der Waals surface area contributed by atoms with E-state index in [9.17, 15) is 14.4 Å². The van der Waals surface area contributed by atoms with Gasteiger partial charge in [0.05, 0.1) is 13.2 Å². The average Bonchev–Trinajstić information content (AvgIpc) is 3.06. The van der Waals surface area contributed by atoms with Crippen LogP contribution >= 0.6 is 0 Å². The van der Waals surface area contributed by atoms with Crippen molar-refractivity contribution in [2.45, 2.75) is 32.0 Å². The number of carbonyl (C=O) groups is 3. The van der Waals surface area contributed by atoms with Crippen molar-refractivity contribution < 1.29 is 19.1 Å². The van der Waals surface area contributed by atoms with Gasteiger partial charge in [-0.25, -0.2) is 0 Å². The van der Waals surface area contributed by atoms with E-state index in [1.807, 2.05) is 36.4 Å². The van der Waals surface area contributed by atoms with Gasteiger partial charge in [0.1, 0.15) is 6.04 Å². The van der Waals surface area contributed by atoms with Crippen LogP contribution in [0.4, 0.5) is 5.69 Å². The molecule has 0 spiro atoms. The summed E-state index contributed by atoms with van der Waals surface area (Å²) in [7, 11) is 0. The number of amides is 3. The second kappa shape index (κ2) is 8.15. The van der Waals surface area contributed by atoms with Crippen molar-refractivity contribution in [3.8, 4) is 0 Å². The zero-order valence-electron chi connectivity index (χ0n) is 17.3. The number of nitrogens with one attached hydrogen (secondary N) is 1. The maximum Gasteiger partial charge on any atom is 0.255 e. The Morgan fingerprint density at radius 2 is 1.84 bits per heavy atom. The van der Waals surface area contributed by atoms with Crippen LogP contribution in [0.3, 0.4) is 0 Å². The summed E-state index contributed by atoms with van der Waals surface area (Å²) in [6.07, 6.45) is 0.650. The lowest BCUT2D eigenvalue weighted by Crippen LogP contribution is -2.52. The molecule has 3 aliphatic heterocycles. The van der Waals surface area contributed by atoms with Crippen LogP contribution in [-0.2, 0) is 27.5 Å². The van der Waals surface area contributed by atoms with Gasteiger partial charge >= 0.3 is 0 Å². The first-order valence-corrected chi connectivity index (χ1v) is 10.7. The molecule has 1 atom stereocenters. The molecule has 0 aromatic heterocycles. The van der Waals surface area contributed by atoms with E-state index >= 15 is 0 Å². The second-order valence-corrected chi connectivity index (χ2v) is 8.51. The lowest BCUT2D eigenvalue weighted by molar-refractivity contribution is -0.136. The number of rotatable bonds is 6. The van der Waals surface area contributed by atoms with E-state index in [0.29, 0.717) is 31.1 Å². The van der Waals surface area contributed by atoms with E-state index in [-0.39, 0.29) is 24.1 Å². The van der Waals surface area contributed by atoms with Crippen molar-refractivity contribution >= 4 is 23.4 Å². The molecule has 2 fully saturated rings. The van der Waals surface area contributed by atoms with E-state index in [1.54, 1.807) is 4.90 Å². The van der Waals surface area contributed by atoms with Crippen LogP contribution in [0.1, 0.15) is 34.3 Å². The Balaban J connectivity index is 1.16. The second-order valence-electron chi connectivity index (χ2n) is 8.51. The van der Waals surface area contributed by atoms with Crippen molar-refractivity contribution in [1.82, 2.24) is 10.2 Å². The van der Waals surface area contributed by atoms with E-state index in [4.69, 9.17) is 4.74 Å². The highest BCUT2D eigenvalue weighted by Crippen LogP contribution is 2.32. The largest absolute Gasteiger partial charge is 0.376 e. The van der Waals surface area contributed by atoms with Crippen LogP contribution in [0.2, 0.25) is 0 Å². The molecule has 5 rings (SSSR count). The fourth-order valence-electron chi connectivity index (χ4n) is 4.54. The van der Waals surface area contributed by atoms with Gasteiger partial charge < -0.3 is 14.5 Å². The molecule has 2 aromatic rings. The number of piperidine rings is 1. The molecule has 2 aromatic carbocycles. The van der Waals surface area contributed by atoms with Gasteiger partial charge in [0.25, 0.3) is 5.91 Å². The Labute approximate surface area is 181 Å². The first-order valence-electron chi connectivity index (χ1n) is 10.7. The predicted molar refractivity (Wildman–Crippen MR) is 114 cm³/mol. The van der Waals surface area contributed by atoms with Gasteiger partial charge in [-0.1, -0.05) is 36.4 Å². The van der Waals surface area contributed by atoms with Crippen LogP contribution in [0.15, 0.2) is 48.5 Å². The lowest BCUT2D eigenvalue weighted by Gasteiger charge is -2.41. The van der Waals surface area contributed by atoms with Crippen LogP contribution in [0.5, 0.6) is 0 Å². The van der Waals surface area contributed by atoms with Crippen LogP contribution in [-0.4, -0.2) is 48.4 Å². The van der Waals surface area contributed by atoms with E-state index in [2.05, 4.69) is 22.3 Å². The van der Waals surface area contributed by atoms with Gasteiger partial charge in [0.15, 0.2) is 0 Å². The number of hydrogen-bond donors (Lipinski definition) is 1. The summed E-state index contributed by atoms with van der Waals surface area (Å²) in [6, 6.07) is 15.5. The molecule has 0 aliphatic carbocycles. The molecule has 3 aliphatic rings. The normalized spacial score (nSPS) is 21.2. The smallest absolute Gasteiger partial charge is 0.255 e. The zero-order chi connectivity index (χ0) is 21.4. The fraction of sp³-hybridized carbons (Fsp3) is 0.375. The molecule has 1 unspecified atom stereocenters. The minimum Gasteiger partial charge on any atom is -0.376 e. The van der Waals surface area contributed by atoms with E-state index in [1.165, 1.54) is 5.56 Å². The SMILES string of the molecule is O=C1CCC(N2Cc3ccc(N4CC(COCc5ccccc5)C4)cc3C2=O)C(=O)N1. The fourth-order valence-corrected chi connectivity index (χ4v) is 4.54. The minimum absolute atomic E-state index is 0.130. The first kappa shape index (κ1) is 19.8. The summed E-state index contributed by atoms with van der Waals surface area (Å²) in [6.45, 7) is 3.56. The highest BCUT2D eigenvalue weighted by molar-refractivity contribution is 6.05. The topological polar surface area (TPSA) is 79.0 Å². The summed E-state index contributed by atoms with van der Waals surface area (Å²) < 4.78 is 5.85. The molecular formula is C24H25N3O4. The molecule has 0 radical (unpaired) electrons. The Hall–Kier alpha value is -3.19. The van der Waals surface area contributed by atoms with Crippen molar-refractivity contribution in [3.63, 3.8) is 0 Å². The molecule has 0 bridgehead atoms. The molecule has 31 heavy (non-hydrogen) atoms. The third-order valence-electron chi connectivity index (χ3n) is 6.30. The van der Waals surface area contributed by atoms with Crippen molar-refractivity contribution in [2.24, 2.45) is 5.92 Å². The number of hydrogen-bond acceptors (Lipinski definition) is 5. The van der Waals surface area contributed by atoms with Gasteiger partial charge in [0.2, 0.25) is 11.8 Å². The highest BCUT2D eigenvalue weighted by atomic mass is 16.5. The number of nitrogens with zero attached hydrogens (tertiary/aromatic N) is 2. The summed E-state index contributed by atoms with van der Waals surface area (Å²) in [5.74, 6) is -0.297. The molecule has 1 N–H and O–H groups in total. The number of anilines is 1. The van der Waals surface area contributed by atoms with Crippen LogP contribution in [0, 0.1) is 5.92 Å². The van der Waals surface area contributed by atoms with E-state index < -0.39 is 6.04 Å². The van der Waals surface area contributed by atoms with Gasteiger partial charge in [-0.2, -0.15) is 0 Å². The number of imide groups is 1. The molecule has 3 amide bonds. The predicted octanol–water partition coefficient (Wildman–Crippen LogP) is 2.10. The monoisotopic (exact) mass is 419 g/mol. The quantitative estimate of drug-likeness (QED) is 0.726. The van der Waals surface area contributed by atoms with Crippen LogP contribution < -0.4 is 10.2 Å². The van der Waals surface area contributed by atoms with Gasteiger partial charge in [0, 0.05) is 43.2 Å². The Morgan fingerprint density at radius 3 is 2.61 bits per heavy atom. The third-order valence-corrected chi connectivity index (χ3v) is 6.30.